The van der Waals surface area contributed by atoms with Gasteiger partial charge in [-0.3, -0.25) is 4.98 Å². The largest absolute Gasteiger partial charge is 0.392 e. The van der Waals surface area contributed by atoms with Crippen LogP contribution in [0.5, 0.6) is 0 Å². The number of pyridine rings is 1. The molecule has 0 radical (unpaired) electrons. The Morgan fingerprint density at radius 3 is 2.47 bits per heavy atom. The summed E-state index contributed by atoms with van der Waals surface area (Å²) < 4.78 is 43.0. The molecular formula is C24H19F3N4O3. The van der Waals surface area contributed by atoms with E-state index in [-0.39, 0.29) is 28.8 Å². The molecular weight excluding hydrogens is 449 g/mol. The number of fused-ring (bicyclic) bond motifs is 1. The number of oxime groups is 1. The molecule has 0 amide bonds. The summed E-state index contributed by atoms with van der Waals surface area (Å²) in [6.45, 7) is 3.59. The lowest BCUT2D eigenvalue weighted by atomic mass is 9.79. The Kier molecular flexibility index (Phi) is 5.05. The Hall–Kier alpha value is -3.92. The number of aliphatic hydroxyl groups is 1. The van der Waals surface area contributed by atoms with Gasteiger partial charge in [0.15, 0.2) is 5.60 Å². The van der Waals surface area contributed by atoms with Gasteiger partial charge >= 0.3 is 5.69 Å². The molecule has 3 unspecified atom stereocenters. The van der Waals surface area contributed by atoms with Crippen LogP contribution in [-0.4, -0.2) is 31.9 Å². The van der Waals surface area contributed by atoms with Crippen molar-refractivity contribution in [2.45, 2.75) is 31.5 Å². The highest BCUT2D eigenvalue weighted by Gasteiger charge is 2.41. The van der Waals surface area contributed by atoms with E-state index in [2.05, 4.69) is 20.1 Å². The van der Waals surface area contributed by atoms with Crippen molar-refractivity contribution >= 4 is 16.7 Å². The van der Waals surface area contributed by atoms with E-state index < -0.39 is 34.3 Å². The van der Waals surface area contributed by atoms with E-state index in [0.29, 0.717) is 16.8 Å². The van der Waals surface area contributed by atoms with Gasteiger partial charge in [-0.1, -0.05) is 5.16 Å². The maximum absolute atomic E-state index is 15.1. The molecule has 174 valence electrons. The van der Waals surface area contributed by atoms with Crippen molar-refractivity contribution in [1.82, 2.24) is 15.0 Å². The van der Waals surface area contributed by atoms with Gasteiger partial charge in [0.1, 0.15) is 23.6 Å². The van der Waals surface area contributed by atoms with E-state index in [4.69, 9.17) is 4.84 Å². The third kappa shape index (κ3) is 3.38. The fourth-order valence-electron chi connectivity index (χ4n) is 4.55. The number of rotatable bonds is 4. The van der Waals surface area contributed by atoms with Crippen LogP contribution in [0, 0.1) is 17.5 Å². The molecule has 3 heterocycles. The summed E-state index contributed by atoms with van der Waals surface area (Å²) in [4.78, 5) is 26.8. The molecule has 0 saturated carbocycles. The monoisotopic (exact) mass is 468 g/mol. The summed E-state index contributed by atoms with van der Waals surface area (Å²) in [5, 5.41) is 16.2. The molecule has 1 aliphatic heterocycles. The molecule has 0 aliphatic carbocycles. The second-order valence-electron chi connectivity index (χ2n) is 8.29. The first-order chi connectivity index (χ1) is 16.2. The number of imidazole rings is 1. The van der Waals surface area contributed by atoms with Crippen LogP contribution < -0.4 is 5.69 Å². The smallest absolute Gasteiger partial charge is 0.323 e. The highest BCUT2D eigenvalue weighted by Crippen LogP contribution is 2.42. The molecule has 2 aromatic carbocycles. The molecule has 1 aliphatic rings. The van der Waals surface area contributed by atoms with E-state index in [9.17, 15) is 18.7 Å². The predicted molar refractivity (Wildman–Crippen MR) is 118 cm³/mol. The molecule has 0 spiro atoms. The van der Waals surface area contributed by atoms with Gasteiger partial charge in [0, 0.05) is 11.1 Å². The lowest BCUT2D eigenvalue weighted by molar-refractivity contribution is 0.0902. The number of hydrogen-bond acceptors (Lipinski definition) is 5. The first-order valence-corrected chi connectivity index (χ1v) is 10.4. The van der Waals surface area contributed by atoms with Crippen LogP contribution in [0.2, 0.25) is 0 Å². The Labute approximate surface area is 190 Å². The molecule has 7 nitrogen and oxygen atoms in total. The van der Waals surface area contributed by atoms with Crippen LogP contribution in [0.4, 0.5) is 13.2 Å². The first kappa shape index (κ1) is 21.9. The SMILES string of the molecule is CC1=NOC(C)C1c1cc(C(O)(c2ccc(F)cn2)c2cc(F)ccc2F)c2[nH]c(=O)[nH]c2c1. The van der Waals surface area contributed by atoms with Crippen LogP contribution >= 0.6 is 0 Å². The lowest BCUT2D eigenvalue weighted by Crippen LogP contribution is -2.32. The van der Waals surface area contributed by atoms with Crippen molar-refractivity contribution in [2.75, 3.05) is 0 Å². The lowest BCUT2D eigenvalue weighted by Gasteiger charge is -2.30. The number of nitrogens with one attached hydrogen (secondary N) is 2. The predicted octanol–water partition coefficient (Wildman–Crippen LogP) is 3.83. The fraction of sp³-hybridized carbons (Fsp3) is 0.208. The van der Waals surface area contributed by atoms with Gasteiger partial charge in [-0.05, 0) is 61.9 Å². The second-order valence-corrected chi connectivity index (χ2v) is 8.29. The van der Waals surface area contributed by atoms with E-state index in [1.165, 1.54) is 6.07 Å². The number of nitrogens with zero attached hydrogens (tertiary/aromatic N) is 2. The average Bonchev–Trinajstić information content (AvgIpc) is 3.34. The van der Waals surface area contributed by atoms with Crippen LogP contribution in [-0.2, 0) is 10.4 Å². The molecule has 0 saturated heterocycles. The normalized spacial score (nSPS) is 19.6. The van der Waals surface area contributed by atoms with Crippen LogP contribution in [0.25, 0.3) is 11.0 Å². The zero-order valence-corrected chi connectivity index (χ0v) is 18.1. The molecule has 2 aromatic heterocycles. The van der Waals surface area contributed by atoms with E-state index >= 15 is 4.39 Å². The molecule has 3 atom stereocenters. The van der Waals surface area contributed by atoms with Gasteiger partial charge in [-0.25, -0.2) is 18.0 Å². The molecule has 0 bridgehead atoms. The maximum atomic E-state index is 15.1. The zero-order chi connectivity index (χ0) is 24.2. The van der Waals surface area contributed by atoms with Gasteiger partial charge in [-0.2, -0.15) is 0 Å². The Morgan fingerprint density at radius 1 is 1.03 bits per heavy atom. The van der Waals surface area contributed by atoms with E-state index in [1.54, 1.807) is 19.1 Å². The summed E-state index contributed by atoms with van der Waals surface area (Å²) in [6.07, 6.45) is 0.515. The molecule has 0 fully saturated rings. The summed E-state index contributed by atoms with van der Waals surface area (Å²) in [5.41, 5.74) is -1.80. The molecule has 10 heteroatoms. The maximum Gasteiger partial charge on any atom is 0.323 e. The third-order valence-corrected chi connectivity index (χ3v) is 6.10. The van der Waals surface area contributed by atoms with E-state index in [0.717, 1.165) is 30.5 Å². The second kappa shape index (κ2) is 7.84. The van der Waals surface area contributed by atoms with Crippen molar-refractivity contribution in [3.05, 3.63) is 99.0 Å². The minimum absolute atomic E-state index is 0.0221. The van der Waals surface area contributed by atoms with Crippen molar-refractivity contribution in [1.29, 1.82) is 0 Å². The highest BCUT2D eigenvalue weighted by atomic mass is 19.1. The van der Waals surface area contributed by atoms with Crippen molar-refractivity contribution in [2.24, 2.45) is 5.16 Å². The minimum atomic E-state index is -2.40. The third-order valence-electron chi connectivity index (χ3n) is 6.10. The van der Waals surface area contributed by atoms with Gasteiger partial charge in [-0.15, -0.1) is 0 Å². The quantitative estimate of drug-likeness (QED) is 0.424. The number of aromatic nitrogens is 3. The highest BCUT2D eigenvalue weighted by molar-refractivity contribution is 5.92. The number of aromatic amines is 2. The Morgan fingerprint density at radius 2 is 1.79 bits per heavy atom. The topological polar surface area (TPSA) is 103 Å². The standard InChI is InChI=1S/C24H19F3N4O3/c1-11-21(12(2)34-31-11)13-7-17(22-19(8-13)29-23(32)30-22)24(33,20-6-4-15(26)10-28-20)16-9-14(25)3-5-18(16)27/h3-10,12,21,33H,1-2H3,(H2,29,30,32). The number of halogens is 3. The summed E-state index contributed by atoms with van der Waals surface area (Å²) in [7, 11) is 0. The molecule has 4 aromatic rings. The van der Waals surface area contributed by atoms with Crippen LogP contribution in [0.1, 0.15) is 42.1 Å². The zero-order valence-electron chi connectivity index (χ0n) is 18.1. The van der Waals surface area contributed by atoms with E-state index in [1.807, 2.05) is 6.92 Å². The van der Waals surface area contributed by atoms with Crippen molar-refractivity contribution in [3.63, 3.8) is 0 Å². The molecule has 34 heavy (non-hydrogen) atoms. The summed E-state index contributed by atoms with van der Waals surface area (Å²) in [6, 6.07) is 8.13. The first-order valence-electron chi connectivity index (χ1n) is 10.4. The van der Waals surface area contributed by atoms with Gasteiger partial charge in [0.2, 0.25) is 0 Å². The van der Waals surface area contributed by atoms with Crippen molar-refractivity contribution < 1.29 is 23.1 Å². The number of hydrogen-bond donors (Lipinski definition) is 3. The van der Waals surface area contributed by atoms with Gasteiger partial charge in [0.05, 0.1) is 34.6 Å². The van der Waals surface area contributed by atoms with Gasteiger partial charge in [0.25, 0.3) is 0 Å². The minimum Gasteiger partial charge on any atom is -0.392 e. The molecule has 5 rings (SSSR count). The Bertz CT molecular complexity index is 1500. The molecule has 3 N–H and O–H groups in total. The fourth-order valence-corrected chi connectivity index (χ4v) is 4.55. The average molecular weight is 468 g/mol. The van der Waals surface area contributed by atoms with Crippen LogP contribution in [0.15, 0.2) is 58.6 Å². The number of H-pyrrole nitrogens is 2. The van der Waals surface area contributed by atoms with Gasteiger partial charge < -0.3 is 19.9 Å². The number of benzene rings is 2. The Balaban J connectivity index is 1.88. The van der Waals surface area contributed by atoms with Crippen molar-refractivity contribution in [3.8, 4) is 0 Å². The van der Waals surface area contributed by atoms with Crippen LogP contribution in [0.3, 0.4) is 0 Å². The summed E-state index contributed by atoms with van der Waals surface area (Å²) >= 11 is 0. The summed E-state index contributed by atoms with van der Waals surface area (Å²) in [5.74, 6) is -2.72.